The number of hydrogen-bond acceptors (Lipinski definition) is 2. The summed E-state index contributed by atoms with van der Waals surface area (Å²) in [5.41, 5.74) is 2.81. The molecule has 2 nitrogen and oxygen atoms in total. The first-order valence-electron chi connectivity index (χ1n) is 6.94. The van der Waals surface area contributed by atoms with E-state index in [2.05, 4.69) is 34.9 Å². The Balaban J connectivity index is 1.91. The molecule has 1 aromatic carbocycles. The molecule has 1 aliphatic heterocycles. The van der Waals surface area contributed by atoms with Crippen LogP contribution in [0.25, 0.3) is 0 Å². The van der Waals surface area contributed by atoms with Crippen LogP contribution in [0.2, 0.25) is 0 Å². The highest BCUT2D eigenvalue weighted by atomic mass is 14.9. The summed E-state index contributed by atoms with van der Waals surface area (Å²) >= 11 is 0. The molecular weight excluding hydrogens is 208 g/mol. The first-order chi connectivity index (χ1) is 8.45. The van der Waals surface area contributed by atoms with Crippen LogP contribution in [0.15, 0.2) is 24.3 Å². The van der Waals surface area contributed by atoms with Crippen molar-refractivity contribution in [3.05, 3.63) is 35.4 Å². The van der Waals surface area contributed by atoms with Crippen molar-refractivity contribution in [2.45, 2.75) is 45.2 Å². The van der Waals surface area contributed by atoms with Crippen molar-refractivity contribution in [1.82, 2.24) is 10.6 Å². The molecule has 2 bridgehead atoms. The fourth-order valence-electron chi connectivity index (χ4n) is 2.35. The quantitative estimate of drug-likeness (QED) is 0.719. The average Bonchev–Trinajstić information content (AvgIpc) is 2.36. The zero-order chi connectivity index (χ0) is 11.8. The zero-order valence-electron chi connectivity index (χ0n) is 10.7. The molecule has 0 saturated heterocycles. The van der Waals surface area contributed by atoms with Crippen molar-refractivity contribution in [2.75, 3.05) is 13.1 Å². The molecule has 1 aromatic rings. The van der Waals surface area contributed by atoms with Gasteiger partial charge < -0.3 is 10.6 Å². The topological polar surface area (TPSA) is 24.1 Å². The molecule has 0 fully saturated rings. The van der Waals surface area contributed by atoms with E-state index in [1.807, 2.05) is 0 Å². The fourth-order valence-corrected chi connectivity index (χ4v) is 2.35. The normalized spacial score (nSPS) is 19.5. The Labute approximate surface area is 105 Å². The van der Waals surface area contributed by atoms with Crippen molar-refractivity contribution in [1.29, 1.82) is 0 Å². The predicted molar refractivity (Wildman–Crippen MR) is 72.9 cm³/mol. The summed E-state index contributed by atoms with van der Waals surface area (Å²) < 4.78 is 0. The molecule has 2 heteroatoms. The Hall–Kier alpha value is -0.860. The second-order valence-corrected chi connectivity index (χ2v) is 4.94. The molecule has 0 amide bonds. The summed E-state index contributed by atoms with van der Waals surface area (Å²) in [5, 5.41) is 7.06. The van der Waals surface area contributed by atoms with E-state index in [9.17, 15) is 0 Å². The molecule has 0 aliphatic carbocycles. The van der Waals surface area contributed by atoms with Crippen LogP contribution in [0.1, 0.15) is 43.2 Å². The van der Waals surface area contributed by atoms with E-state index in [0.717, 1.165) is 26.2 Å². The maximum atomic E-state index is 3.53. The van der Waals surface area contributed by atoms with Crippen LogP contribution in [-0.4, -0.2) is 13.1 Å². The minimum Gasteiger partial charge on any atom is -0.313 e. The first kappa shape index (κ1) is 12.6. The lowest BCUT2D eigenvalue weighted by Gasteiger charge is -2.10. The number of fused-ring (bicyclic) bond motifs is 2. The highest BCUT2D eigenvalue weighted by Crippen LogP contribution is 2.07. The molecule has 94 valence electrons. The van der Waals surface area contributed by atoms with Gasteiger partial charge in [-0.3, -0.25) is 0 Å². The van der Waals surface area contributed by atoms with E-state index in [1.165, 1.54) is 43.2 Å². The first-order valence-corrected chi connectivity index (χ1v) is 6.94. The van der Waals surface area contributed by atoms with Crippen LogP contribution >= 0.6 is 0 Å². The van der Waals surface area contributed by atoms with Gasteiger partial charge in [-0.15, -0.1) is 0 Å². The molecule has 0 saturated carbocycles. The highest BCUT2D eigenvalue weighted by Gasteiger charge is 1.98. The number of rotatable bonds is 0. The van der Waals surface area contributed by atoms with Gasteiger partial charge in [0.15, 0.2) is 0 Å². The van der Waals surface area contributed by atoms with Crippen molar-refractivity contribution in [3.8, 4) is 0 Å². The summed E-state index contributed by atoms with van der Waals surface area (Å²) in [7, 11) is 0. The summed E-state index contributed by atoms with van der Waals surface area (Å²) in [6.07, 6.45) is 6.75. The van der Waals surface area contributed by atoms with Gasteiger partial charge in [0.1, 0.15) is 0 Å². The summed E-state index contributed by atoms with van der Waals surface area (Å²) in [5.74, 6) is 0. The van der Waals surface area contributed by atoms with Gasteiger partial charge in [0.25, 0.3) is 0 Å². The molecule has 2 rings (SSSR count). The third-order valence-electron chi connectivity index (χ3n) is 3.36. The zero-order valence-corrected chi connectivity index (χ0v) is 10.7. The maximum Gasteiger partial charge on any atom is 0.0205 e. The van der Waals surface area contributed by atoms with E-state index >= 15 is 0 Å². The van der Waals surface area contributed by atoms with Crippen molar-refractivity contribution in [3.63, 3.8) is 0 Å². The lowest BCUT2D eigenvalue weighted by molar-refractivity contribution is 0.552. The van der Waals surface area contributed by atoms with E-state index in [4.69, 9.17) is 0 Å². The number of nitrogens with one attached hydrogen (secondary N) is 2. The van der Waals surface area contributed by atoms with Gasteiger partial charge in [0, 0.05) is 13.1 Å². The van der Waals surface area contributed by atoms with Crippen LogP contribution in [0.5, 0.6) is 0 Å². The van der Waals surface area contributed by atoms with E-state index < -0.39 is 0 Å². The monoisotopic (exact) mass is 232 g/mol. The second kappa shape index (κ2) is 7.46. The third-order valence-corrected chi connectivity index (χ3v) is 3.36. The van der Waals surface area contributed by atoms with Crippen molar-refractivity contribution >= 4 is 0 Å². The van der Waals surface area contributed by atoms with E-state index in [0.29, 0.717) is 0 Å². The minimum atomic E-state index is 1.01. The molecule has 0 aromatic heterocycles. The molecule has 1 aliphatic rings. The molecular formula is C15H24N2. The second-order valence-electron chi connectivity index (χ2n) is 4.94. The van der Waals surface area contributed by atoms with Crippen molar-refractivity contribution < 1.29 is 0 Å². The average molecular weight is 232 g/mol. The molecule has 0 radical (unpaired) electrons. The fraction of sp³-hybridized carbons (Fsp3) is 0.600. The molecule has 17 heavy (non-hydrogen) atoms. The standard InChI is InChI=1S/C15H24N2/c1-2-4-9-16-12-14-7-6-8-15(11-14)13-17-10-5-3-1/h6-8,11,16-17H,1-5,9-10,12-13H2. The minimum absolute atomic E-state index is 1.01. The Morgan fingerprint density at radius 2 is 1.24 bits per heavy atom. The maximum absolute atomic E-state index is 3.53. The lowest BCUT2D eigenvalue weighted by atomic mass is 10.1. The van der Waals surface area contributed by atoms with E-state index in [1.54, 1.807) is 0 Å². The molecule has 1 heterocycles. The van der Waals surface area contributed by atoms with Gasteiger partial charge in [-0.25, -0.2) is 0 Å². The Morgan fingerprint density at radius 1 is 0.706 bits per heavy atom. The molecule has 0 spiro atoms. The molecule has 0 atom stereocenters. The SMILES string of the molecule is c1cc2cc(c1)CNCCCCCCCNC2. The lowest BCUT2D eigenvalue weighted by Crippen LogP contribution is -2.17. The van der Waals surface area contributed by atoms with Gasteiger partial charge in [0.05, 0.1) is 0 Å². The van der Waals surface area contributed by atoms with Crippen LogP contribution < -0.4 is 10.6 Å². The summed E-state index contributed by atoms with van der Waals surface area (Å²) in [6.45, 7) is 4.33. The van der Waals surface area contributed by atoms with Crippen molar-refractivity contribution in [2.24, 2.45) is 0 Å². The summed E-state index contributed by atoms with van der Waals surface area (Å²) in [6, 6.07) is 8.90. The van der Waals surface area contributed by atoms with Gasteiger partial charge in [0.2, 0.25) is 0 Å². The number of benzene rings is 1. The third kappa shape index (κ3) is 4.88. The van der Waals surface area contributed by atoms with Gasteiger partial charge in [-0.1, -0.05) is 43.5 Å². The van der Waals surface area contributed by atoms with Gasteiger partial charge in [-0.05, 0) is 37.1 Å². The van der Waals surface area contributed by atoms with Crippen LogP contribution in [0.4, 0.5) is 0 Å². The Kier molecular flexibility index (Phi) is 5.53. The summed E-state index contributed by atoms with van der Waals surface area (Å²) in [4.78, 5) is 0. The Morgan fingerprint density at radius 3 is 1.82 bits per heavy atom. The Bertz CT molecular complexity index is 295. The molecule has 2 N–H and O–H groups in total. The predicted octanol–water partition coefficient (Wildman–Crippen LogP) is 2.83. The van der Waals surface area contributed by atoms with Gasteiger partial charge >= 0.3 is 0 Å². The van der Waals surface area contributed by atoms with Gasteiger partial charge in [-0.2, -0.15) is 0 Å². The highest BCUT2D eigenvalue weighted by molar-refractivity contribution is 5.23. The smallest absolute Gasteiger partial charge is 0.0205 e. The van der Waals surface area contributed by atoms with E-state index in [-0.39, 0.29) is 0 Å². The largest absolute Gasteiger partial charge is 0.313 e. The number of hydrogen-bond donors (Lipinski definition) is 2. The molecule has 0 unspecified atom stereocenters. The van der Waals surface area contributed by atoms with Crippen LogP contribution in [-0.2, 0) is 13.1 Å². The van der Waals surface area contributed by atoms with Crippen LogP contribution in [0, 0.1) is 0 Å². The van der Waals surface area contributed by atoms with Crippen LogP contribution in [0.3, 0.4) is 0 Å².